The average Bonchev–Trinajstić information content (AvgIpc) is 2.47. The maximum absolute atomic E-state index is 10.6. The Hall–Kier alpha value is -2.11. The van der Waals surface area contributed by atoms with Crippen LogP contribution in [-0.2, 0) is 10.1 Å². The van der Waals surface area contributed by atoms with Crippen LogP contribution < -0.4 is 34.7 Å². The van der Waals surface area contributed by atoms with E-state index in [-0.39, 0.29) is 40.9 Å². The van der Waals surface area contributed by atoms with Crippen molar-refractivity contribution < 1.29 is 72.5 Å². The summed E-state index contributed by atoms with van der Waals surface area (Å²) in [6.07, 6.45) is 0. The van der Waals surface area contributed by atoms with Crippen LogP contribution in [0.15, 0.2) is 47.4 Å². The molecule has 0 unspecified atom stereocenters. The van der Waals surface area contributed by atoms with E-state index in [0.717, 1.165) is 12.1 Å². The molecule has 0 saturated heterocycles. The van der Waals surface area contributed by atoms with E-state index in [9.17, 15) is 23.1 Å². The minimum Gasteiger partial charge on any atom is -0.545 e. The molecule has 0 atom stereocenters. The fourth-order valence-electron chi connectivity index (χ4n) is 1.49. The van der Waals surface area contributed by atoms with E-state index in [2.05, 4.69) is 0 Å². The fraction of sp³-hybridized carbons (Fsp3) is 0. The van der Waals surface area contributed by atoms with Crippen LogP contribution in [0, 0.1) is 0 Å². The minimum absolute atomic E-state index is 0. The van der Waals surface area contributed by atoms with E-state index in [4.69, 9.17) is 19.9 Å². The molecular weight excluding hydrogens is 367 g/mol. The number of phenols is 2. The van der Waals surface area contributed by atoms with Crippen LogP contribution in [0.2, 0.25) is 0 Å². The molecule has 0 bridgehead atoms. The van der Waals surface area contributed by atoms with Gasteiger partial charge in [-0.2, -0.15) is 8.42 Å². The van der Waals surface area contributed by atoms with Gasteiger partial charge in [-0.15, -0.1) is 0 Å². The van der Waals surface area contributed by atoms with Crippen molar-refractivity contribution in [2.45, 2.75) is 4.90 Å². The van der Waals surface area contributed by atoms with Crippen molar-refractivity contribution in [3.8, 4) is 11.5 Å². The minimum atomic E-state index is -4.45. The molecule has 0 fully saturated rings. The zero-order valence-electron chi connectivity index (χ0n) is 12.8. The van der Waals surface area contributed by atoms with Gasteiger partial charge >= 0.3 is 35.5 Å². The quantitative estimate of drug-likeness (QED) is 0.323. The molecule has 0 aliphatic heterocycles. The van der Waals surface area contributed by atoms with Gasteiger partial charge < -0.3 is 25.2 Å². The number of hydrogen-bond acceptors (Lipinski definition) is 7. The number of rotatable bonds is 3. The molecule has 11 heteroatoms. The molecule has 0 aromatic heterocycles. The molecular formula is C14H11NaO9S. The van der Waals surface area contributed by atoms with Gasteiger partial charge in [-0.1, -0.05) is 12.1 Å². The van der Waals surface area contributed by atoms with Crippen LogP contribution in [0.3, 0.4) is 0 Å². The molecule has 128 valence electrons. The Labute approximate surface area is 164 Å². The SMILES string of the molecule is O=C(O)c1cc(S(=O)(=O)O)ccc1O.O=C([O-])c1ccccc1O.[Na+]. The predicted octanol–water partition coefficient (Wildman–Crippen LogP) is -2.90. The standard InChI is InChI=1S/C7H6O6S.C7H6O3.Na/c8-6-2-1-4(14(11,12)13)3-5(6)7(9)10;8-6-4-2-1-3-5(6)7(9)10;/h1-3,8H,(H,9,10)(H,11,12,13);1-4,8H,(H,9,10);/q;;+1/p-1. The number of hydrogen-bond donors (Lipinski definition) is 4. The van der Waals surface area contributed by atoms with E-state index in [1.165, 1.54) is 18.2 Å². The van der Waals surface area contributed by atoms with Crippen LogP contribution in [0.25, 0.3) is 0 Å². The van der Waals surface area contributed by atoms with E-state index in [1.54, 1.807) is 6.07 Å². The van der Waals surface area contributed by atoms with E-state index in [0.29, 0.717) is 6.07 Å². The summed E-state index contributed by atoms with van der Waals surface area (Å²) < 4.78 is 29.8. The summed E-state index contributed by atoms with van der Waals surface area (Å²) in [6.45, 7) is 0. The number of carbonyl (C=O) groups excluding carboxylic acids is 1. The number of carboxylic acids is 2. The van der Waals surface area contributed by atoms with Gasteiger partial charge in [-0.05, 0) is 30.3 Å². The van der Waals surface area contributed by atoms with E-state index in [1.807, 2.05) is 0 Å². The maximum Gasteiger partial charge on any atom is 1.00 e. The Kier molecular flexibility index (Phi) is 8.60. The van der Waals surface area contributed by atoms with Crippen molar-refractivity contribution in [1.82, 2.24) is 0 Å². The second-order valence-corrected chi connectivity index (χ2v) is 5.69. The first-order valence-corrected chi connectivity index (χ1v) is 7.51. The summed E-state index contributed by atoms with van der Waals surface area (Å²) in [5.74, 6) is -3.67. The van der Waals surface area contributed by atoms with Crippen LogP contribution in [0.5, 0.6) is 11.5 Å². The molecule has 0 aliphatic rings. The fourth-order valence-corrected chi connectivity index (χ4v) is 2.00. The number of carbonyl (C=O) groups is 2. The number of carboxylic acid groups (broad SMARTS) is 2. The maximum atomic E-state index is 10.6. The first-order valence-electron chi connectivity index (χ1n) is 6.07. The molecule has 25 heavy (non-hydrogen) atoms. The normalized spacial score (nSPS) is 9.96. The van der Waals surface area contributed by atoms with E-state index >= 15 is 0 Å². The molecule has 9 nitrogen and oxygen atoms in total. The zero-order valence-corrected chi connectivity index (χ0v) is 15.6. The summed E-state index contributed by atoms with van der Waals surface area (Å²) in [5, 5.41) is 36.5. The molecule has 2 rings (SSSR count). The zero-order chi connectivity index (χ0) is 18.5. The molecule has 0 spiro atoms. The molecule has 2 aromatic rings. The topological polar surface area (TPSA) is 172 Å². The van der Waals surface area contributed by atoms with Crippen LogP contribution in [-0.4, -0.2) is 40.2 Å². The summed E-state index contributed by atoms with van der Waals surface area (Å²) in [7, 11) is -4.45. The number of aromatic hydroxyl groups is 2. The molecule has 0 heterocycles. The Morgan fingerprint density at radius 1 is 0.920 bits per heavy atom. The molecule has 4 N–H and O–H groups in total. The number of aromatic carboxylic acids is 2. The third-order valence-corrected chi connectivity index (χ3v) is 3.47. The first kappa shape index (κ1) is 22.9. The van der Waals surface area contributed by atoms with Gasteiger partial charge in [0, 0.05) is 5.56 Å². The second-order valence-electron chi connectivity index (χ2n) is 4.26. The second kappa shape index (κ2) is 9.39. The number of benzene rings is 2. The Balaban J connectivity index is 0.000000465. The molecule has 0 saturated carbocycles. The van der Waals surface area contributed by atoms with Gasteiger partial charge in [-0.3, -0.25) is 4.55 Å². The Morgan fingerprint density at radius 2 is 1.44 bits per heavy atom. The van der Waals surface area contributed by atoms with Crippen LogP contribution in [0.4, 0.5) is 0 Å². The third kappa shape index (κ3) is 6.72. The van der Waals surface area contributed by atoms with Gasteiger partial charge in [0.1, 0.15) is 17.1 Å². The third-order valence-electron chi connectivity index (χ3n) is 2.62. The Bertz CT molecular complexity index is 878. The van der Waals surface area contributed by atoms with Crippen LogP contribution in [0.1, 0.15) is 20.7 Å². The number of para-hydroxylation sites is 1. The van der Waals surface area contributed by atoms with Crippen molar-refractivity contribution in [1.29, 1.82) is 0 Å². The monoisotopic (exact) mass is 378 g/mol. The van der Waals surface area contributed by atoms with Crippen molar-refractivity contribution >= 4 is 22.1 Å². The summed E-state index contributed by atoms with van der Waals surface area (Å²) >= 11 is 0. The van der Waals surface area contributed by atoms with Gasteiger partial charge in [0.25, 0.3) is 10.1 Å². The molecule has 0 aliphatic carbocycles. The average molecular weight is 378 g/mol. The van der Waals surface area contributed by atoms with Crippen molar-refractivity contribution in [3.63, 3.8) is 0 Å². The smallest absolute Gasteiger partial charge is 0.545 e. The van der Waals surface area contributed by atoms with Gasteiger partial charge in [-0.25, -0.2) is 4.79 Å². The van der Waals surface area contributed by atoms with Crippen molar-refractivity contribution in [2.24, 2.45) is 0 Å². The molecule has 2 aromatic carbocycles. The molecule has 0 amide bonds. The van der Waals surface area contributed by atoms with Gasteiger partial charge in [0.15, 0.2) is 0 Å². The summed E-state index contributed by atoms with van der Waals surface area (Å²) in [6, 6.07) is 8.10. The van der Waals surface area contributed by atoms with Crippen molar-refractivity contribution in [3.05, 3.63) is 53.6 Å². The summed E-state index contributed by atoms with van der Waals surface area (Å²) in [4.78, 5) is 20.0. The molecule has 0 radical (unpaired) electrons. The Morgan fingerprint density at radius 3 is 1.84 bits per heavy atom. The largest absolute Gasteiger partial charge is 1.00 e. The van der Waals surface area contributed by atoms with Gasteiger partial charge in [0.05, 0.1) is 10.9 Å². The predicted molar refractivity (Wildman–Crippen MR) is 77.3 cm³/mol. The first-order chi connectivity index (χ1) is 11.0. The van der Waals surface area contributed by atoms with Gasteiger partial charge in [0.2, 0.25) is 0 Å². The van der Waals surface area contributed by atoms with Crippen molar-refractivity contribution in [2.75, 3.05) is 0 Å². The van der Waals surface area contributed by atoms with Crippen LogP contribution >= 0.6 is 0 Å². The van der Waals surface area contributed by atoms with E-state index < -0.39 is 38.3 Å². The summed E-state index contributed by atoms with van der Waals surface area (Å²) in [5.41, 5.74) is -0.761.